The molecule has 0 saturated carbocycles. The molecule has 0 aromatic carbocycles. The average Bonchev–Trinajstić information content (AvgIpc) is 2.54. The van der Waals surface area contributed by atoms with Gasteiger partial charge >= 0.3 is 19.5 Å². The van der Waals surface area contributed by atoms with Crippen LogP contribution in [0.5, 0.6) is 0 Å². The Morgan fingerprint density at radius 1 is 1.04 bits per heavy atom. The van der Waals surface area contributed by atoms with Crippen molar-refractivity contribution in [3.8, 4) is 0 Å². The van der Waals surface area contributed by atoms with Crippen molar-refractivity contribution in [2.75, 3.05) is 6.16 Å². The van der Waals surface area contributed by atoms with Gasteiger partial charge in [-0.05, 0) is 6.42 Å². The number of ether oxygens (including phenoxy) is 2. The lowest BCUT2D eigenvalue weighted by Crippen LogP contribution is -2.24. The van der Waals surface area contributed by atoms with Crippen LogP contribution in [0, 0.1) is 0 Å². The summed E-state index contributed by atoms with van der Waals surface area (Å²) in [5, 5.41) is 0. The molecule has 0 aromatic rings. The van der Waals surface area contributed by atoms with Gasteiger partial charge in [-0.15, -0.1) is 0 Å². The van der Waals surface area contributed by atoms with Crippen molar-refractivity contribution < 1.29 is 33.4 Å². The van der Waals surface area contributed by atoms with Gasteiger partial charge in [0.2, 0.25) is 6.29 Å². The summed E-state index contributed by atoms with van der Waals surface area (Å²) in [5.41, 5.74) is 0. The average molecular weight is 378 g/mol. The van der Waals surface area contributed by atoms with Crippen molar-refractivity contribution in [1.82, 2.24) is 0 Å². The number of hydrogen-bond donors (Lipinski definition) is 2. The predicted molar refractivity (Wildman–Crippen MR) is 94.9 cm³/mol. The molecule has 0 spiro atoms. The minimum atomic E-state index is -4.26. The van der Waals surface area contributed by atoms with Crippen molar-refractivity contribution in [2.24, 2.45) is 0 Å². The lowest BCUT2D eigenvalue weighted by Gasteiger charge is -2.17. The first kappa shape index (κ1) is 23.8. The molecule has 0 radical (unpaired) electrons. The summed E-state index contributed by atoms with van der Waals surface area (Å²) in [6, 6.07) is 0. The molecule has 0 rings (SSSR count). The van der Waals surface area contributed by atoms with E-state index in [0.29, 0.717) is 6.42 Å². The molecule has 25 heavy (non-hydrogen) atoms. The number of carbonyl (C=O) groups is 2. The fourth-order valence-electron chi connectivity index (χ4n) is 2.21. The van der Waals surface area contributed by atoms with E-state index in [1.807, 2.05) is 0 Å². The van der Waals surface area contributed by atoms with Crippen LogP contribution in [-0.2, 0) is 23.6 Å². The van der Waals surface area contributed by atoms with Crippen molar-refractivity contribution in [3.63, 3.8) is 0 Å². The van der Waals surface area contributed by atoms with E-state index in [-0.39, 0.29) is 0 Å². The predicted octanol–water partition coefficient (Wildman–Crippen LogP) is 3.68. The van der Waals surface area contributed by atoms with Gasteiger partial charge in [-0.2, -0.15) is 0 Å². The maximum absolute atomic E-state index is 11.6. The van der Waals surface area contributed by atoms with Gasteiger partial charge in [0.05, 0.1) is 12.6 Å². The molecule has 0 aromatic heterocycles. The molecule has 8 heteroatoms. The summed E-state index contributed by atoms with van der Waals surface area (Å²) in [6.45, 7) is 5.46. The van der Waals surface area contributed by atoms with E-state index >= 15 is 0 Å². The van der Waals surface area contributed by atoms with Crippen LogP contribution in [-0.4, -0.2) is 34.2 Å². The highest BCUT2D eigenvalue weighted by molar-refractivity contribution is 7.51. The molecule has 0 heterocycles. The minimum absolute atomic E-state index is 0.357. The van der Waals surface area contributed by atoms with Crippen LogP contribution in [0.3, 0.4) is 0 Å². The normalized spacial score (nSPS) is 12.4. The third kappa shape index (κ3) is 16.1. The third-order valence-electron chi connectivity index (χ3n) is 3.58. The highest BCUT2D eigenvalue weighted by Crippen LogP contribution is 2.35. The highest BCUT2D eigenvalue weighted by atomic mass is 31.2. The first-order valence-electron chi connectivity index (χ1n) is 8.85. The monoisotopic (exact) mass is 378 g/mol. The second-order valence-electron chi connectivity index (χ2n) is 5.96. The molecular formula is C17H31O7P. The first-order valence-corrected chi connectivity index (χ1v) is 10.7. The zero-order valence-electron chi connectivity index (χ0n) is 15.0. The largest absolute Gasteiger partial charge is 0.425 e. The van der Waals surface area contributed by atoms with Gasteiger partial charge < -0.3 is 19.3 Å². The van der Waals surface area contributed by atoms with Crippen LogP contribution in [0.1, 0.15) is 71.1 Å². The molecule has 0 aliphatic rings. The topological polar surface area (TPSA) is 110 Å². The Labute approximate surface area is 149 Å². The van der Waals surface area contributed by atoms with Gasteiger partial charge in [0.25, 0.3) is 0 Å². The molecule has 1 atom stereocenters. The summed E-state index contributed by atoms with van der Waals surface area (Å²) < 4.78 is 20.7. The summed E-state index contributed by atoms with van der Waals surface area (Å²) in [7, 11) is -4.26. The molecule has 0 saturated heterocycles. The SMILES string of the molecule is C=CC(=O)OC(CCCCCCCCCC)OC(=O)CCP(=O)(O)O. The first-order chi connectivity index (χ1) is 11.8. The van der Waals surface area contributed by atoms with Gasteiger partial charge in [-0.25, -0.2) is 4.79 Å². The van der Waals surface area contributed by atoms with Crippen LogP contribution in [0.15, 0.2) is 12.7 Å². The third-order valence-corrected chi connectivity index (χ3v) is 4.38. The maximum atomic E-state index is 11.6. The fraction of sp³-hybridized carbons (Fsp3) is 0.765. The van der Waals surface area contributed by atoms with E-state index in [4.69, 9.17) is 19.3 Å². The maximum Gasteiger partial charge on any atom is 0.333 e. The fourth-order valence-corrected chi connectivity index (χ4v) is 2.68. The molecule has 2 N–H and O–H groups in total. The number of rotatable bonds is 15. The zero-order valence-corrected chi connectivity index (χ0v) is 15.9. The molecule has 1 unspecified atom stereocenters. The Balaban J connectivity index is 4.12. The van der Waals surface area contributed by atoms with Gasteiger partial charge in [0.15, 0.2) is 0 Å². The van der Waals surface area contributed by atoms with Crippen molar-refractivity contribution in [2.45, 2.75) is 77.4 Å². The molecule has 0 aliphatic heterocycles. The van der Waals surface area contributed by atoms with Crippen molar-refractivity contribution in [1.29, 1.82) is 0 Å². The lowest BCUT2D eigenvalue weighted by molar-refractivity contribution is -0.185. The molecule has 7 nitrogen and oxygen atoms in total. The standard InChI is InChI=1S/C17H31O7P/c1-3-5-6-7-8-9-10-11-12-17(23-15(18)4-2)24-16(19)13-14-25(20,21)22/h4,17H,2-3,5-14H2,1H3,(H2,20,21,22). The van der Waals surface area contributed by atoms with Crippen LogP contribution >= 0.6 is 7.60 Å². The summed E-state index contributed by atoms with van der Waals surface area (Å²) in [4.78, 5) is 40.5. The van der Waals surface area contributed by atoms with Gasteiger partial charge in [0.1, 0.15) is 0 Å². The summed E-state index contributed by atoms with van der Waals surface area (Å²) in [6.07, 6.45) is 8.08. The van der Waals surface area contributed by atoms with E-state index in [1.165, 1.54) is 25.7 Å². The Kier molecular flexibility index (Phi) is 13.4. The van der Waals surface area contributed by atoms with E-state index in [9.17, 15) is 14.2 Å². The van der Waals surface area contributed by atoms with Crippen molar-refractivity contribution in [3.05, 3.63) is 12.7 Å². The number of unbranched alkanes of at least 4 members (excludes halogenated alkanes) is 7. The van der Waals surface area contributed by atoms with Crippen LogP contribution in [0.4, 0.5) is 0 Å². The van der Waals surface area contributed by atoms with Crippen LogP contribution < -0.4 is 0 Å². The lowest BCUT2D eigenvalue weighted by atomic mass is 10.1. The smallest absolute Gasteiger partial charge is 0.333 e. The van der Waals surface area contributed by atoms with E-state index in [1.54, 1.807) is 0 Å². The van der Waals surface area contributed by atoms with E-state index in [0.717, 1.165) is 31.8 Å². The molecular weight excluding hydrogens is 347 g/mol. The molecule has 146 valence electrons. The zero-order chi connectivity index (χ0) is 19.1. The summed E-state index contributed by atoms with van der Waals surface area (Å²) >= 11 is 0. The second-order valence-corrected chi connectivity index (χ2v) is 7.74. The Morgan fingerprint density at radius 2 is 1.60 bits per heavy atom. The second kappa shape index (κ2) is 14.0. The number of esters is 2. The number of hydrogen-bond acceptors (Lipinski definition) is 5. The van der Waals surface area contributed by atoms with Crippen LogP contribution in [0.25, 0.3) is 0 Å². The van der Waals surface area contributed by atoms with E-state index in [2.05, 4.69) is 13.5 Å². The van der Waals surface area contributed by atoms with Crippen LogP contribution in [0.2, 0.25) is 0 Å². The Morgan fingerprint density at radius 3 is 2.12 bits per heavy atom. The number of carbonyl (C=O) groups excluding carboxylic acids is 2. The molecule has 0 amide bonds. The quantitative estimate of drug-likeness (QED) is 0.147. The highest BCUT2D eigenvalue weighted by Gasteiger charge is 2.21. The Bertz CT molecular complexity index is 444. The molecule has 0 bridgehead atoms. The van der Waals surface area contributed by atoms with Gasteiger partial charge in [-0.1, -0.05) is 58.4 Å². The molecule has 0 aliphatic carbocycles. The summed E-state index contributed by atoms with van der Waals surface area (Å²) in [5.74, 6) is -1.50. The van der Waals surface area contributed by atoms with Crippen molar-refractivity contribution >= 4 is 19.5 Å². The minimum Gasteiger partial charge on any atom is -0.425 e. The van der Waals surface area contributed by atoms with E-state index < -0.39 is 38.4 Å². The van der Waals surface area contributed by atoms with Gasteiger partial charge in [0, 0.05) is 12.5 Å². The molecule has 0 fully saturated rings. The van der Waals surface area contributed by atoms with Gasteiger partial charge in [-0.3, -0.25) is 9.36 Å². The Hall–Kier alpha value is -1.17.